The van der Waals surface area contributed by atoms with Crippen molar-refractivity contribution in [3.63, 3.8) is 0 Å². The molecule has 0 aliphatic carbocycles. The fourth-order valence-electron chi connectivity index (χ4n) is 7.33. The van der Waals surface area contributed by atoms with Crippen LogP contribution in [0.5, 0.6) is 0 Å². The maximum absolute atomic E-state index is 13.5. The monoisotopic (exact) mass is 709 g/mol. The second-order valence-electron chi connectivity index (χ2n) is 13.8. The van der Waals surface area contributed by atoms with Crippen LogP contribution in [0.2, 0.25) is 0 Å². The number of aromatic amines is 1. The molecule has 2 aliphatic heterocycles. The first-order valence-corrected chi connectivity index (χ1v) is 18.3. The van der Waals surface area contributed by atoms with Gasteiger partial charge in [-0.3, -0.25) is 19.2 Å². The number of benzene rings is 4. The van der Waals surface area contributed by atoms with E-state index in [1.165, 1.54) is 0 Å². The zero-order valence-electron chi connectivity index (χ0n) is 29.7. The van der Waals surface area contributed by atoms with Gasteiger partial charge < -0.3 is 20.4 Å². The number of hydrogen-bond donors (Lipinski definition) is 3. The Labute approximate surface area is 308 Å². The normalized spacial score (nSPS) is 18.2. The zero-order chi connectivity index (χ0) is 36.7. The van der Waals surface area contributed by atoms with Crippen LogP contribution in [0.15, 0.2) is 109 Å². The number of nitrogens with zero attached hydrogens (tertiary/aromatic N) is 4. The number of likely N-dealkylation sites (tertiary alicyclic amines) is 2. The van der Waals surface area contributed by atoms with Crippen LogP contribution in [0.25, 0.3) is 22.5 Å². The van der Waals surface area contributed by atoms with Gasteiger partial charge in [0, 0.05) is 35.6 Å². The number of carbonyl (C=O) groups is 4. The maximum atomic E-state index is 13.5. The molecule has 2 fully saturated rings. The summed E-state index contributed by atoms with van der Waals surface area (Å²) in [6, 6.07) is 32.9. The molecule has 3 N–H and O–H groups in total. The van der Waals surface area contributed by atoms with Crippen LogP contribution in [-0.4, -0.2) is 74.0 Å². The van der Waals surface area contributed by atoms with E-state index in [1.54, 1.807) is 9.80 Å². The van der Waals surface area contributed by atoms with Crippen molar-refractivity contribution in [1.82, 2.24) is 25.2 Å². The van der Waals surface area contributed by atoms with Crippen LogP contribution in [-0.2, 0) is 32.0 Å². The topological polar surface area (TPSA) is 140 Å². The highest BCUT2D eigenvalue weighted by molar-refractivity contribution is 5.99. The molecule has 3 heterocycles. The SMILES string of the molecule is CC[C@@H]1C[C@@H](C(=O)Nc2ccc(-c3n[nH]nc3-c3ccc(NC(=O)[C@@H]4CCCN4C(=O)Cc4ccccc4)cc3)cc2)N(C(=O)Cc2ccccc2)C1. The fraction of sp³-hybridized carbons (Fsp3) is 0.286. The maximum Gasteiger partial charge on any atom is 0.247 e. The van der Waals surface area contributed by atoms with Crippen LogP contribution >= 0.6 is 0 Å². The van der Waals surface area contributed by atoms with Crippen molar-refractivity contribution >= 4 is 35.0 Å². The number of hydrogen-bond acceptors (Lipinski definition) is 6. The molecule has 4 aromatic carbocycles. The molecule has 0 bridgehead atoms. The van der Waals surface area contributed by atoms with E-state index in [-0.39, 0.29) is 42.4 Å². The van der Waals surface area contributed by atoms with Gasteiger partial charge in [0.1, 0.15) is 23.5 Å². The molecule has 3 atom stereocenters. The van der Waals surface area contributed by atoms with Crippen LogP contribution in [0.3, 0.4) is 0 Å². The number of amides is 4. The highest BCUT2D eigenvalue weighted by Crippen LogP contribution is 2.31. The lowest BCUT2D eigenvalue weighted by atomic mass is 10.0. The zero-order valence-corrected chi connectivity index (χ0v) is 29.7. The summed E-state index contributed by atoms with van der Waals surface area (Å²) in [5.74, 6) is -0.195. The molecule has 0 unspecified atom stereocenters. The minimum Gasteiger partial charge on any atom is -0.330 e. The van der Waals surface area contributed by atoms with Crippen molar-refractivity contribution in [3.05, 3.63) is 120 Å². The molecular weight excluding hydrogens is 667 g/mol. The largest absolute Gasteiger partial charge is 0.330 e. The van der Waals surface area contributed by atoms with Gasteiger partial charge in [-0.05, 0) is 60.6 Å². The van der Waals surface area contributed by atoms with E-state index in [0.29, 0.717) is 48.7 Å². The van der Waals surface area contributed by atoms with Crippen molar-refractivity contribution in [2.45, 2.75) is 57.5 Å². The predicted molar refractivity (Wildman–Crippen MR) is 203 cm³/mol. The average molecular weight is 710 g/mol. The minimum atomic E-state index is -0.523. The second kappa shape index (κ2) is 16.1. The first-order valence-electron chi connectivity index (χ1n) is 18.3. The summed E-state index contributed by atoms with van der Waals surface area (Å²) in [4.78, 5) is 56.5. The first kappa shape index (κ1) is 35.3. The average Bonchev–Trinajstić information content (AvgIpc) is 3.97. The van der Waals surface area contributed by atoms with E-state index in [4.69, 9.17) is 0 Å². The Kier molecular flexibility index (Phi) is 10.7. The van der Waals surface area contributed by atoms with Crippen LogP contribution < -0.4 is 10.6 Å². The van der Waals surface area contributed by atoms with Gasteiger partial charge in [0.25, 0.3) is 0 Å². The van der Waals surface area contributed by atoms with Gasteiger partial charge in [-0.1, -0.05) is 98.3 Å². The Bertz CT molecular complexity index is 2050. The van der Waals surface area contributed by atoms with Gasteiger partial charge in [-0.15, -0.1) is 0 Å². The molecule has 5 aromatic rings. The summed E-state index contributed by atoms with van der Waals surface area (Å²) in [6.45, 7) is 3.24. The molecule has 4 amide bonds. The van der Waals surface area contributed by atoms with E-state index in [9.17, 15) is 19.2 Å². The second-order valence-corrected chi connectivity index (χ2v) is 13.8. The van der Waals surface area contributed by atoms with E-state index >= 15 is 0 Å². The van der Waals surface area contributed by atoms with Gasteiger partial charge in [0.15, 0.2) is 0 Å². The summed E-state index contributed by atoms with van der Waals surface area (Å²) in [6.07, 6.45) is 3.49. The number of anilines is 2. The van der Waals surface area contributed by atoms with Crippen LogP contribution in [0, 0.1) is 5.92 Å². The Morgan fingerprint density at radius 1 is 0.660 bits per heavy atom. The Morgan fingerprint density at radius 3 is 1.66 bits per heavy atom. The summed E-state index contributed by atoms with van der Waals surface area (Å²) in [5.41, 5.74) is 5.99. The molecule has 0 saturated carbocycles. The van der Waals surface area contributed by atoms with Crippen molar-refractivity contribution in [2.75, 3.05) is 23.7 Å². The molecule has 270 valence electrons. The third-order valence-electron chi connectivity index (χ3n) is 10.3. The lowest BCUT2D eigenvalue weighted by Gasteiger charge is -2.24. The van der Waals surface area contributed by atoms with E-state index in [1.807, 2.05) is 109 Å². The summed E-state index contributed by atoms with van der Waals surface area (Å²) in [5, 5.41) is 17.5. The molecule has 0 spiro atoms. The lowest BCUT2D eigenvalue weighted by Crippen LogP contribution is -2.43. The Hall–Kier alpha value is -6.10. The van der Waals surface area contributed by atoms with E-state index in [2.05, 4.69) is 33.0 Å². The molecule has 7 rings (SSSR count). The number of aromatic nitrogens is 3. The Morgan fingerprint density at radius 2 is 1.15 bits per heavy atom. The standard InChI is InChI=1S/C42H43N7O4/c1-2-28-24-36(49(27-28)38(51)26-30-12-7-4-8-13-30)42(53)44-34-21-17-32(18-22-34)40-39(45-47-46-40)31-15-19-33(20-16-31)43-41(52)35-14-9-23-48(35)37(50)25-29-10-5-3-6-11-29/h3-8,10-13,15-22,28,35-36H,2,9,14,23-27H2,1H3,(H,43,52)(H,44,53)(H,45,46,47)/t28-,35+,36+/m1/s1. The molecule has 53 heavy (non-hydrogen) atoms. The van der Waals surface area contributed by atoms with Gasteiger partial charge >= 0.3 is 0 Å². The number of H-pyrrole nitrogens is 1. The first-order chi connectivity index (χ1) is 25.9. The number of nitrogens with one attached hydrogen (secondary N) is 3. The van der Waals surface area contributed by atoms with E-state index < -0.39 is 12.1 Å². The minimum absolute atomic E-state index is 0.0388. The molecule has 11 heteroatoms. The molecule has 2 aliphatic rings. The van der Waals surface area contributed by atoms with Crippen molar-refractivity contribution in [2.24, 2.45) is 5.92 Å². The lowest BCUT2D eigenvalue weighted by molar-refractivity contribution is -0.136. The van der Waals surface area contributed by atoms with Gasteiger partial charge in [-0.25, -0.2) is 0 Å². The summed E-state index contributed by atoms with van der Waals surface area (Å²) in [7, 11) is 0. The number of carbonyl (C=O) groups excluding carboxylic acids is 4. The molecule has 11 nitrogen and oxygen atoms in total. The van der Waals surface area contributed by atoms with Gasteiger partial charge in [-0.2, -0.15) is 15.4 Å². The van der Waals surface area contributed by atoms with Crippen LogP contribution in [0.4, 0.5) is 11.4 Å². The van der Waals surface area contributed by atoms with Crippen molar-refractivity contribution < 1.29 is 19.2 Å². The highest BCUT2D eigenvalue weighted by atomic mass is 16.2. The third-order valence-corrected chi connectivity index (χ3v) is 10.3. The molecule has 0 radical (unpaired) electrons. The summed E-state index contributed by atoms with van der Waals surface area (Å²) < 4.78 is 0. The quantitative estimate of drug-likeness (QED) is 0.151. The van der Waals surface area contributed by atoms with E-state index in [0.717, 1.165) is 35.1 Å². The highest BCUT2D eigenvalue weighted by Gasteiger charge is 2.39. The molecular formula is C42H43N7O4. The number of rotatable bonds is 11. The molecule has 2 saturated heterocycles. The predicted octanol–water partition coefficient (Wildman–Crippen LogP) is 6.12. The van der Waals surface area contributed by atoms with Crippen molar-refractivity contribution in [1.29, 1.82) is 0 Å². The van der Waals surface area contributed by atoms with Gasteiger partial charge in [0.05, 0.1) is 12.8 Å². The fourth-order valence-corrected chi connectivity index (χ4v) is 7.33. The van der Waals surface area contributed by atoms with Crippen molar-refractivity contribution in [3.8, 4) is 22.5 Å². The Balaban J connectivity index is 0.970. The van der Waals surface area contributed by atoms with Gasteiger partial charge in [0.2, 0.25) is 23.6 Å². The van der Waals surface area contributed by atoms with Crippen LogP contribution in [0.1, 0.15) is 43.7 Å². The third kappa shape index (κ3) is 8.19. The molecule has 1 aromatic heterocycles. The summed E-state index contributed by atoms with van der Waals surface area (Å²) >= 11 is 0. The smallest absolute Gasteiger partial charge is 0.247 e.